The third-order valence-electron chi connectivity index (χ3n) is 2.82. The molecule has 1 rings (SSSR count). The number of hydrogen-bond donors (Lipinski definition) is 2. The van der Waals surface area contributed by atoms with Crippen LogP contribution in [0.1, 0.15) is 40.5 Å². The molecule has 2 N–H and O–H groups in total. The Hall–Kier alpha value is -0.730. The molecule has 0 amide bonds. The number of guanidine groups is 1. The SMILES string of the molecule is CN=C(NCCC(C)(C)C)NC1CC1C. The predicted octanol–water partition coefficient (Wildman–Crippen LogP) is 2.00. The van der Waals surface area contributed by atoms with E-state index in [4.69, 9.17) is 0 Å². The van der Waals surface area contributed by atoms with Crippen molar-refractivity contribution < 1.29 is 0 Å². The molecule has 0 saturated heterocycles. The molecule has 15 heavy (non-hydrogen) atoms. The Morgan fingerprint density at radius 3 is 2.40 bits per heavy atom. The first kappa shape index (κ1) is 12.3. The zero-order valence-corrected chi connectivity index (χ0v) is 10.7. The molecule has 1 aliphatic rings. The molecule has 1 fully saturated rings. The van der Waals surface area contributed by atoms with E-state index in [1.165, 1.54) is 6.42 Å². The minimum atomic E-state index is 0.388. The Morgan fingerprint density at radius 1 is 1.40 bits per heavy atom. The van der Waals surface area contributed by atoms with E-state index in [0.29, 0.717) is 11.5 Å². The molecule has 0 heterocycles. The highest BCUT2D eigenvalue weighted by Gasteiger charge is 2.33. The van der Waals surface area contributed by atoms with E-state index in [1.807, 2.05) is 7.05 Å². The summed E-state index contributed by atoms with van der Waals surface area (Å²) in [7, 11) is 1.83. The van der Waals surface area contributed by atoms with Crippen LogP contribution < -0.4 is 10.6 Å². The molecule has 1 saturated carbocycles. The molecule has 0 aromatic heterocycles. The minimum absolute atomic E-state index is 0.388. The molecule has 2 atom stereocenters. The van der Waals surface area contributed by atoms with Crippen LogP contribution in [0.4, 0.5) is 0 Å². The lowest BCUT2D eigenvalue weighted by molar-refractivity contribution is 0.377. The molecule has 1 aliphatic carbocycles. The first-order valence-corrected chi connectivity index (χ1v) is 5.89. The van der Waals surface area contributed by atoms with Crippen molar-refractivity contribution in [3.63, 3.8) is 0 Å². The van der Waals surface area contributed by atoms with Gasteiger partial charge in [-0.3, -0.25) is 4.99 Å². The van der Waals surface area contributed by atoms with E-state index in [1.54, 1.807) is 0 Å². The summed E-state index contributed by atoms with van der Waals surface area (Å²) < 4.78 is 0. The van der Waals surface area contributed by atoms with Gasteiger partial charge in [0.2, 0.25) is 0 Å². The standard InChI is InChI=1S/C12H25N3/c1-9-8-10(9)15-11(13-5)14-7-6-12(2,3)4/h9-10H,6-8H2,1-5H3,(H2,13,14,15). The third-order valence-corrected chi connectivity index (χ3v) is 2.82. The Kier molecular flexibility index (Phi) is 4.00. The second-order valence-electron chi connectivity index (χ2n) is 5.77. The molecule has 0 aromatic carbocycles. The minimum Gasteiger partial charge on any atom is -0.356 e. The fraction of sp³-hybridized carbons (Fsp3) is 0.917. The van der Waals surface area contributed by atoms with Gasteiger partial charge in [0.1, 0.15) is 0 Å². The largest absolute Gasteiger partial charge is 0.356 e. The lowest BCUT2D eigenvalue weighted by atomic mass is 9.92. The van der Waals surface area contributed by atoms with E-state index in [2.05, 4.69) is 43.3 Å². The maximum absolute atomic E-state index is 4.22. The van der Waals surface area contributed by atoms with E-state index >= 15 is 0 Å². The van der Waals surface area contributed by atoms with Gasteiger partial charge >= 0.3 is 0 Å². The van der Waals surface area contributed by atoms with Crippen LogP contribution in [0.25, 0.3) is 0 Å². The summed E-state index contributed by atoms with van der Waals surface area (Å²) >= 11 is 0. The van der Waals surface area contributed by atoms with Crippen LogP contribution in [-0.2, 0) is 0 Å². The fourth-order valence-corrected chi connectivity index (χ4v) is 1.45. The lowest BCUT2D eigenvalue weighted by Crippen LogP contribution is -2.40. The third kappa shape index (κ3) is 5.05. The van der Waals surface area contributed by atoms with Gasteiger partial charge in [0.15, 0.2) is 5.96 Å². The van der Waals surface area contributed by atoms with Gasteiger partial charge in [-0.15, -0.1) is 0 Å². The second-order valence-corrected chi connectivity index (χ2v) is 5.77. The van der Waals surface area contributed by atoms with Gasteiger partial charge in [0, 0.05) is 19.6 Å². The molecular weight excluding hydrogens is 186 g/mol. The molecule has 3 nitrogen and oxygen atoms in total. The van der Waals surface area contributed by atoms with Gasteiger partial charge in [-0.2, -0.15) is 0 Å². The summed E-state index contributed by atoms with van der Waals surface area (Å²) in [6.07, 6.45) is 2.44. The van der Waals surface area contributed by atoms with E-state index < -0.39 is 0 Å². The summed E-state index contributed by atoms with van der Waals surface area (Å²) in [5.74, 6) is 1.76. The first-order chi connectivity index (χ1) is 6.92. The van der Waals surface area contributed by atoms with E-state index in [-0.39, 0.29) is 0 Å². The number of aliphatic imine (C=N–C) groups is 1. The number of hydrogen-bond acceptors (Lipinski definition) is 1. The molecule has 0 radical (unpaired) electrons. The summed E-state index contributed by atoms with van der Waals surface area (Å²) in [5, 5.41) is 6.77. The van der Waals surface area contributed by atoms with Crippen molar-refractivity contribution >= 4 is 5.96 Å². The zero-order valence-electron chi connectivity index (χ0n) is 10.7. The van der Waals surface area contributed by atoms with Crippen molar-refractivity contribution in [2.75, 3.05) is 13.6 Å². The van der Waals surface area contributed by atoms with Gasteiger partial charge in [-0.05, 0) is 24.2 Å². The average Bonchev–Trinajstić information content (AvgIpc) is 2.78. The highest BCUT2D eigenvalue weighted by molar-refractivity contribution is 5.80. The summed E-state index contributed by atoms with van der Waals surface area (Å²) in [5.41, 5.74) is 0.388. The second kappa shape index (κ2) is 4.86. The highest BCUT2D eigenvalue weighted by atomic mass is 15.2. The molecule has 0 aliphatic heterocycles. The normalized spacial score (nSPS) is 26.3. The topological polar surface area (TPSA) is 36.4 Å². The van der Waals surface area contributed by atoms with Gasteiger partial charge < -0.3 is 10.6 Å². The van der Waals surface area contributed by atoms with Crippen molar-refractivity contribution in [2.45, 2.75) is 46.6 Å². The Bertz CT molecular complexity index is 228. The molecule has 0 bridgehead atoms. The Morgan fingerprint density at radius 2 is 2.00 bits per heavy atom. The van der Waals surface area contributed by atoms with Crippen LogP contribution in [0.2, 0.25) is 0 Å². The maximum Gasteiger partial charge on any atom is 0.191 e. The summed E-state index contributed by atoms with van der Waals surface area (Å²) in [6.45, 7) is 10.0. The van der Waals surface area contributed by atoms with Gasteiger partial charge in [0.05, 0.1) is 0 Å². The molecule has 88 valence electrons. The number of nitrogens with one attached hydrogen (secondary N) is 2. The van der Waals surface area contributed by atoms with Crippen LogP contribution in [0.3, 0.4) is 0 Å². The lowest BCUT2D eigenvalue weighted by Gasteiger charge is -2.19. The van der Waals surface area contributed by atoms with Crippen molar-refractivity contribution in [3.05, 3.63) is 0 Å². The van der Waals surface area contributed by atoms with Crippen molar-refractivity contribution in [2.24, 2.45) is 16.3 Å². The van der Waals surface area contributed by atoms with Gasteiger partial charge in [-0.25, -0.2) is 0 Å². The maximum atomic E-state index is 4.22. The molecule has 0 aromatic rings. The van der Waals surface area contributed by atoms with Crippen LogP contribution in [0.5, 0.6) is 0 Å². The van der Waals surface area contributed by atoms with Gasteiger partial charge in [0.25, 0.3) is 0 Å². The van der Waals surface area contributed by atoms with Crippen molar-refractivity contribution in [3.8, 4) is 0 Å². The fourth-order valence-electron chi connectivity index (χ4n) is 1.45. The monoisotopic (exact) mass is 211 g/mol. The quantitative estimate of drug-likeness (QED) is 0.553. The highest BCUT2D eigenvalue weighted by Crippen LogP contribution is 2.28. The Labute approximate surface area is 93.7 Å². The van der Waals surface area contributed by atoms with Crippen molar-refractivity contribution in [1.82, 2.24) is 10.6 Å². The molecular formula is C12H25N3. The molecule has 2 unspecified atom stereocenters. The summed E-state index contributed by atoms with van der Waals surface area (Å²) in [4.78, 5) is 4.22. The van der Waals surface area contributed by atoms with E-state index in [9.17, 15) is 0 Å². The van der Waals surface area contributed by atoms with Crippen LogP contribution in [-0.4, -0.2) is 25.6 Å². The predicted molar refractivity (Wildman–Crippen MR) is 66.1 cm³/mol. The van der Waals surface area contributed by atoms with Crippen molar-refractivity contribution in [1.29, 1.82) is 0 Å². The number of rotatable bonds is 3. The first-order valence-electron chi connectivity index (χ1n) is 5.89. The van der Waals surface area contributed by atoms with Crippen LogP contribution in [0.15, 0.2) is 4.99 Å². The zero-order chi connectivity index (χ0) is 11.5. The van der Waals surface area contributed by atoms with Gasteiger partial charge in [-0.1, -0.05) is 27.7 Å². The average molecular weight is 211 g/mol. The van der Waals surface area contributed by atoms with Crippen LogP contribution >= 0.6 is 0 Å². The smallest absolute Gasteiger partial charge is 0.191 e. The Balaban J connectivity index is 2.17. The number of nitrogens with zero attached hydrogens (tertiary/aromatic N) is 1. The summed E-state index contributed by atoms with van der Waals surface area (Å²) in [6, 6.07) is 0.644. The van der Waals surface area contributed by atoms with E-state index in [0.717, 1.165) is 24.8 Å². The molecule has 0 spiro atoms. The van der Waals surface area contributed by atoms with Crippen LogP contribution in [0, 0.1) is 11.3 Å². The molecule has 3 heteroatoms.